The van der Waals surface area contributed by atoms with Crippen molar-refractivity contribution in [3.8, 4) is 0 Å². The number of aromatic amines is 2. The van der Waals surface area contributed by atoms with Gasteiger partial charge in [0.05, 0.1) is 5.41 Å². The second-order valence-corrected chi connectivity index (χ2v) is 17.3. The molecule has 3 aliphatic rings. The molecule has 1 aliphatic carbocycles. The molecule has 0 radical (unpaired) electrons. The number of benzene rings is 4. The van der Waals surface area contributed by atoms with Crippen LogP contribution < -0.4 is 10.2 Å². The number of carbonyl (C=O) groups is 1. The van der Waals surface area contributed by atoms with Crippen molar-refractivity contribution in [3.05, 3.63) is 131 Å². The van der Waals surface area contributed by atoms with Crippen molar-refractivity contribution in [1.29, 1.82) is 0 Å². The second-order valence-electron chi connectivity index (χ2n) is 17.3. The summed E-state index contributed by atoms with van der Waals surface area (Å²) in [6.07, 6.45) is 11.9. The first-order valence-electron chi connectivity index (χ1n) is 21.8. The molecule has 4 heterocycles. The topological polar surface area (TPSA) is 70.4 Å². The molecule has 2 aromatic heterocycles. The number of nitrogens with zero attached hydrogens (tertiary/aromatic N) is 3. The van der Waals surface area contributed by atoms with Crippen LogP contribution in [0.25, 0.3) is 21.8 Å². The zero-order valence-corrected chi connectivity index (χ0v) is 34.1. The number of carbonyl (C=O) groups excluding carboxylic acids is 1. The average molecular weight is 819 g/mol. The number of anilines is 2. The van der Waals surface area contributed by atoms with E-state index in [9.17, 15) is 13.2 Å². The van der Waals surface area contributed by atoms with Crippen molar-refractivity contribution < 1.29 is 22.4 Å². The molecule has 6 aromatic rings. The van der Waals surface area contributed by atoms with Gasteiger partial charge in [-0.25, -0.2) is 17.6 Å². The van der Waals surface area contributed by atoms with Gasteiger partial charge in [0, 0.05) is 71.8 Å². The molecule has 0 spiro atoms. The smallest absolute Gasteiger partial charge is 0.237 e. The number of halogens is 4. The minimum Gasteiger partial charge on any atom is -0.383 e. The lowest BCUT2D eigenvalue weighted by Gasteiger charge is -2.42. The highest BCUT2D eigenvalue weighted by Gasteiger charge is 2.45. The normalized spacial score (nSPS) is 18.3. The van der Waals surface area contributed by atoms with Crippen molar-refractivity contribution in [2.75, 3.05) is 62.6 Å². The van der Waals surface area contributed by atoms with Crippen molar-refractivity contribution in [2.24, 2.45) is 0 Å². The Balaban J connectivity index is 0.888. The van der Waals surface area contributed by atoms with Gasteiger partial charge in [-0.3, -0.25) is 4.79 Å². The van der Waals surface area contributed by atoms with E-state index in [2.05, 4.69) is 25.1 Å². The fourth-order valence-electron chi connectivity index (χ4n) is 10.5. The molecule has 3 N–H and O–H groups in total. The number of aromatic nitrogens is 2. The Kier molecular flexibility index (Phi) is 11.7. The Bertz CT molecular complexity index is 2420. The molecule has 11 heteroatoms. The number of likely N-dealkylation sites (tertiary alicyclic amines) is 2. The van der Waals surface area contributed by atoms with Crippen LogP contribution in [0.2, 0.25) is 0 Å². The van der Waals surface area contributed by atoms with Gasteiger partial charge in [-0.05, 0) is 166 Å². The highest BCUT2D eigenvalue weighted by atomic mass is 19.1. The molecule has 2 saturated heterocycles. The fraction of sp³-hybridized carbons (Fsp3) is 0.408. The highest BCUT2D eigenvalue weighted by molar-refractivity contribution is 6.02. The molecule has 0 bridgehead atoms. The standard InChI is InChI=1S/C49H54F4N6O/c50-35-4-9-39(10-5-35)59(27-26-58-23-16-34(17-24-58)43-32-56-46-13-8-37(52)29-41(43)46)48(60)49(18-2-1-3-19-49)44-11-6-38(53)30-47(44)54-20-25-57-21-14-33(15-22-57)42-31-55-45-12-7-36(51)28-40(42)45/h4-13,28-34,54-56H,1-3,14-27H2. The molecule has 2 aliphatic heterocycles. The van der Waals surface area contributed by atoms with Gasteiger partial charge in [-0.2, -0.15) is 0 Å². The number of piperidine rings is 2. The summed E-state index contributed by atoms with van der Waals surface area (Å²) < 4.78 is 57.6. The molecule has 1 saturated carbocycles. The van der Waals surface area contributed by atoms with Crippen molar-refractivity contribution >= 4 is 39.1 Å². The predicted octanol–water partition coefficient (Wildman–Crippen LogP) is 10.6. The molecule has 4 aromatic carbocycles. The summed E-state index contributed by atoms with van der Waals surface area (Å²) >= 11 is 0. The lowest BCUT2D eigenvalue weighted by molar-refractivity contribution is -0.125. The summed E-state index contributed by atoms with van der Waals surface area (Å²) in [5.74, 6) is -0.541. The molecule has 314 valence electrons. The lowest BCUT2D eigenvalue weighted by atomic mass is 9.67. The molecule has 1 amide bonds. The number of rotatable bonds is 12. The Morgan fingerprint density at radius 2 is 1.17 bits per heavy atom. The van der Waals surface area contributed by atoms with Crippen molar-refractivity contribution in [3.63, 3.8) is 0 Å². The predicted molar refractivity (Wildman–Crippen MR) is 232 cm³/mol. The monoisotopic (exact) mass is 818 g/mol. The second kappa shape index (κ2) is 17.5. The summed E-state index contributed by atoms with van der Waals surface area (Å²) in [6, 6.07) is 20.8. The Morgan fingerprint density at radius 1 is 0.650 bits per heavy atom. The molecule has 60 heavy (non-hydrogen) atoms. The number of H-pyrrole nitrogens is 2. The van der Waals surface area contributed by atoms with Gasteiger partial charge in [0.1, 0.15) is 23.3 Å². The summed E-state index contributed by atoms with van der Waals surface area (Å²) in [4.78, 5) is 28.6. The largest absolute Gasteiger partial charge is 0.383 e. The molecule has 0 atom stereocenters. The first kappa shape index (κ1) is 40.3. The van der Waals surface area contributed by atoms with E-state index < -0.39 is 5.41 Å². The first-order valence-corrected chi connectivity index (χ1v) is 21.8. The van der Waals surface area contributed by atoms with E-state index in [1.165, 1.54) is 42.0 Å². The molecular formula is C49H54F4N6O. The van der Waals surface area contributed by atoms with Crippen LogP contribution in [0.1, 0.15) is 86.3 Å². The van der Waals surface area contributed by atoms with E-state index in [1.807, 2.05) is 17.3 Å². The quantitative estimate of drug-likeness (QED) is 0.108. The molecule has 9 rings (SSSR count). The summed E-state index contributed by atoms with van der Waals surface area (Å²) in [6.45, 7) is 5.93. The van der Waals surface area contributed by atoms with E-state index in [0.29, 0.717) is 55.7 Å². The summed E-state index contributed by atoms with van der Waals surface area (Å²) in [5.41, 5.74) is 5.47. The fourth-order valence-corrected chi connectivity index (χ4v) is 10.5. The number of nitrogens with one attached hydrogen (secondary N) is 3. The summed E-state index contributed by atoms with van der Waals surface area (Å²) in [5, 5.41) is 5.47. The summed E-state index contributed by atoms with van der Waals surface area (Å²) in [7, 11) is 0. The van der Waals surface area contributed by atoms with Crippen LogP contribution >= 0.6 is 0 Å². The van der Waals surface area contributed by atoms with Crippen molar-refractivity contribution in [2.45, 2.75) is 75.0 Å². The van der Waals surface area contributed by atoms with Gasteiger partial charge in [-0.1, -0.05) is 25.3 Å². The van der Waals surface area contributed by atoms with E-state index in [4.69, 9.17) is 0 Å². The van der Waals surface area contributed by atoms with Crippen molar-refractivity contribution in [1.82, 2.24) is 19.8 Å². The third-order valence-electron chi connectivity index (χ3n) is 13.8. The van der Waals surface area contributed by atoms with Crippen LogP contribution in [0.15, 0.2) is 91.3 Å². The Labute approximate surface area is 349 Å². The lowest BCUT2D eigenvalue weighted by Crippen LogP contribution is -2.51. The van der Waals surface area contributed by atoms with Gasteiger partial charge >= 0.3 is 0 Å². The Hall–Kier alpha value is -5.13. The first-order chi connectivity index (χ1) is 29.2. The van der Waals surface area contributed by atoms with Gasteiger partial charge in [0.25, 0.3) is 0 Å². The zero-order valence-electron chi connectivity index (χ0n) is 34.1. The molecule has 7 nitrogen and oxygen atoms in total. The average Bonchev–Trinajstić information content (AvgIpc) is 3.89. The van der Waals surface area contributed by atoms with E-state index in [1.54, 1.807) is 42.5 Å². The van der Waals surface area contributed by atoms with E-state index in [0.717, 1.165) is 111 Å². The van der Waals surface area contributed by atoms with Crippen LogP contribution in [-0.4, -0.2) is 78.0 Å². The number of amides is 1. The Morgan fingerprint density at radius 3 is 1.75 bits per heavy atom. The minimum absolute atomic E-state index is 0.0293. The number of hydrogen-bond acceptors (Lipinski definition) is 4. The van der Waals surface area contributed by atoms with Crippen LogP contribution in [0.4, 0.5) is 28.9 Å². The van der Waals surface area contributed by atoms with Crippen LogP contribution in [-0.2, 0) is 10.2 Å². The maximum Gasteiger partial charge on any atom is 0.237 e. The maximum absolute atomic E-state index is 15.4. The van der Waals surface area contributed by atoms with E-state index >= 15 is 9.18 Å². The third-order valence-corrected chi connectivity index (χ3v) is 13.8. The van der Waals surface area contributed by atoms with E-state index in [-0.39, 0.29) is 29.2 Å². The molecule has 0 unspecified atom stereocenters. The SMILES string of the molecule is O=C(N(CCN1CCC(c2c[nH]c3ccc(F)cc23)CC1)c1ccc(F)cc1)C1(c2ccc(F)cc2NCCN2CCC(c3c[nH]c4ccc(F)cc34)CC2)CCCCC1. The van der Waals surface area contributed by atoms with Gasteiger partial charge in [0.2, 0.25) is 5.91 Å². The highest BCUT2D eigenvalue weighted by Crippen LogP contribution is 2.45. The molecule has 3 fully saturated rings. The van der Waals surface area contributed by atoms with Gasteiger partial charge < -0.3 is 30.0 Å². The van der Waals surface area contributed by atoms with Gasteiger partial charge in [0.15, 0.2) is 0 Å². The minimum atomic E-state index is -0.878. The maximum atomic E-state index is 15.4. The number of hydrogen-bond donors (Lipinski definition) is 3. The zero-order chi connectivity index (χ0) is 41.2. The van der Waals surface area contributed by atoms with Crippen LogP contribution in [0, 0.1) is 23.3 Å². The van der Waals surface area contributed by atoms with Crippen LogP contribution in [0.3, 0.4) is 0 Å². The number of fused-ring (bicyclic) bond motifs is 2. The third kappa shape index (κ3) is 8.31. The van der Waals surface area contributed by atoms with Gasteiger partial charge in [-0.15, -0.1) is 0 Å². The van der Waals surface area contributed by atoms with Crippen LogP contribution in [0.5, 0.6) is 0 Å². The molecular weight excluding hydrogens is 765 g/mol.